The number of hydrogen-bond donors (Lipinski definition) is 2. The molecule has 1 amide bonds. The fraction of sp³-hybridized carbons (Fsp3) is 0.552. The highest BCUT2D eigenvalue weighted by Gasteiger charge is 2.33. The van der Waals surface area contributed by atoms with Crippen molar-refractivity contribution in [2.45, 2.75) is 78.7 Å². The molecule has 1 fully saturated rings. The first-order valence-corrected chi connectivity index (χ1v) is 14.2. The topological polar surface area (TPSA) is 111 Å². The van der Waals surface area contributed by atoms with Gasteiger partial charge in [0, 0.05) is 43.8 Å². The molecule has 4 rings (SSSR count). The predicted octanol–water partition coefficient (Wildman–Crippen LogP) is 4.31. The Morgan fingerprint density at radius 3 is 2.40 bits per heavy atom. The molecule has 3 aromatic rings. The molecule has 1 saturated heterocycles. The molecule has 0 bridgehead atoms. The van der Waals surface area contributed by atoms with Crippen LogP contribution in [0.1, 0.15) is 71.6 Å². The molecule has 0 radical (unpaired) electrons. The number of halogens is 1. The number of nitrogens with zero attached hydrogens (tertiary/aromatic N) is 4. The Kier molecular flexibility index (Phi) is 9.79. The molecule has 10 nitrogen and oxygen atoms in total. The van der Waals surface area contributed by atoms with Crippen molar-refractivity contribution in [3.05, 3.63) is 61.3 Å². The van der Waals surface area contributed by atoms with E-state index in [1.807, 2.05) is 57.4 Å². The number of alkyl carbamates (subject to hydrolysis) is 1. The van der Waals surface area contributed by atoms with E-state index in [0.29, 0.717) is 40.5 Å². The van der Waals surface area contributed by atoms with Gasteiger partial charge >= 0.3 is 11.8 Å². The Balaban J connectivity index is 0.00000216. The first kappa shape index (κ1) is 31.3. The smallest absolute Gasteiger partial charge is 0.407 e. The van der Waals surface area contributed by atoms with Crippen LogP contribution in [-0.4, -0.2) is 49.6 Å². The lowest BCUT2D eigenvalue weighted by Crippen LogP contribution is -2.49. The van der Waals surface area contributed by atoms with Crippen LogP contribution in [0.5, 0.6) is 0 Å². The van der Waals surface area contributed by atoms with Crippen LogP contribution in [-0.2, 0) is 25.4 Å². The van der Waals surface area contributed by atoms with Gasteiger partial charge in [-0.25, -0.2) is 9.59 Å². The van der Waals surface area contributed by atoms with Crippen molar-refractivity contribution >= 4 is 34.5 Å². The van der Waals surface area contributed by atoms with E-state index < -0.39 is 29.0 Å². The van der Waals surface area contributed by atoms with Crippen LogP contribution < -0.4 is 21.5 Å². The molecule has 1 aliphatic rings. The molecular formula is C29H42ClN5O5. The van der Waals surface area contributed by atoms with Crippen molar-refractivity contribution in [3.63, 3.8) is 0 Å². The Hall–Kier alpha value is -3.24. The number of aliphatic hydroxyl groups excluding tert-OH is 1. The summed E-state index contributed by atoms with van der Waals surface area (Å²) in [5.74, 6) is 0.629. The van der Waals surface area contributed by atoms with Gasteiger partial charge in [-0.2, -0.15) is 0 Å². The lowest BCUT2D eigenvalue weighted by atomic mass is 10.0. The summed E-state index contributed by atoms with van der Waals surface area (Å²) in [5.41, 5.74) is 0.422. The van der Waals surface area contributed by atoms with Crippen LogP contribution in [0.15, 0.2) is 33.9 Å². The third-order valence-corrected chi connectivity index (χ3v) is 7.18. The van der Waals surface area contributed by atoms with Crippen molar-refractivity contribution in [3.8, 4) is 0 Å². The van der Waals surface area contributed by atoms with Gasteiger partial charge in [0.15, 0.2) is 0 Å². The summed E-state index contributed by atoms with van der Waals surface area (Å²) in [6.07, 6.45) is 0.0551. The number of rotatable bonds is 5. The van der Waals surface area contributed by atoms with Gasteiger partial charge in [-0.1, -0.05) is 43.6 Å². The number of piperidine rings is 1. The van der Waals surface area contributed by atoms with Crippen molar-refractivity contribution < 1.29 is 14.6 Å². The highest BCUT2D eigenvalue weighted by molar-refractivity contribution is 6.31. The summed E-state index contributed by atoms with van der Waals surface area (Å²) in [6.45, 7) is 12.4. The number of nitrogens with one attached hydrogen (secondary N) is 1. The number of amides is 1. The minimum absolute atomic E-state index is 0.209. The molecule has 2 N–H and O–H groups in total. The van der Waals surface area contributed by atoms with E-state index in [2.05, 4.69) is 10.2 Å². The second-order valence-electron chi connectivity index (χ2n) is 10.9. The monoisotopic (exact) mass is 575 g/mol. The average Bonchev–Trinajstić information content (AvgIpc) is 3.23. The Morgan fingerprint density at radius 1 is 1.15 bits per heavy atom. The maximum atomic E-state index is 13.5. The Labute approximate surface area is 240 Å². The predicted molar refractivity (Wildman–Crippen MR) is 160 cm³/mol. The SMILES string of the molecule is CC.CC(O)c1c(N2CCC[C@@H](NC(=O)OC(C)(C)C)C2)n(Cc2ccccc2Cl)c2c(=O)n(C)c(=O)n(C)c12. The second kappa shape index (κ2) is 12.5. The number of carbonyl (C=O) groups is 1. The lowest BCUT2D eigenvalue weighted by molar-refractivity contribution is 0.0499. The molecule has 3 heterocycles. The van der Waals surface area contributed by atoms with Crippen LogP contribution in [0.4, 0.5) is 10.6 Å². The van der Waals surface area contributed by atoms with Gasteiger partial charge in [0.25, 0.3) is 5.56 Å². The normalized spacial score (nSPS) is 16.4. The zero-order chi connectivity index (χ0) is 29.9. The molecule has 220 valence electrons. The first-order valence-electron chi connectivity index (χ1n) is 13.8. The van der Waals surface area contributed by atoms with Crippen molar-refractivity contribution in [1.29, 1.82) is 0 Å². The van der Waals surface area contributed by atoms with Crippen molar-refractivity contribution in [2.75, 3.05) is 18.0 Å². The molecule has 2 atom stereocenters. The number of carbonyl (C=O) groups excluding carboxylic acids is 1. The third-order valence-electron chi connectivity index (χ3n) is 6.81. The van der Waals surface area contributed by atoms with E-state index in [4.69, 9.17) is 16.3 Å². The summed E-state index contributed by atoms with van der Waals surface area (Å²) < 4.78 is 9.78. The van der Waals surface area contributed by atoms with Crippen LogP contribution in [0, 0.1) is 0 Å². The highest BCUT2D eigenvalue weighted by atomic mass is 35.5. The summed E-state index contributed by atoms with van der Waals surface area (Å²) in [4.78, 5) is 41.0. The maximum absolute atomic E-state index is 13.5. The Bertz CT molecular complexity index is 1480. The zero-order valence-corrected chi connectivity index (χ0v) is 25.5. The van der Waals surface area contributed by atoms with Gasteiger partial charge in [-0.05, 0) is 52.2 Å². The number of aromatic nitrogens is 3. The molecule has 1 aliphatic heterocycles. The van der Waals surface area contributed by atoms with Gasteiger partial charge in [-0.3, -0.25) is 13.9 Å². The third kappa shape index (κ3) is 6.39. The van der Waals surface area contributed by atoms with E-state index in [9.17, 15) is 19.5 Å². The molecule has 0 aliphatic carbocycles. The Morgan fingerprint density at radius 2 is 1.80 bits per heavy atom. The number of benzene rings is 1. The molecule has 1 unspecified atom stereocenters. The first-order chi connectivity index (χ1) is 18.8. The van der Waals surface area contributed by atoms with Crippen molar-refractivity contribution in [1.82, 2.24) is 19.0 Å². The van der Waals surface area contributed by atoms with Gasteiger partial charge < -0.3 is 24.6 Å². The zero-order valence-electron chi connectivity index (χ0n) is 24.7. The minimum atomic E-state index is -0.975. The molecule has 0 saturated carbocycles. The van der Waals surface area contributed by atoms with E-state index in [1.165, 1.54) is 11.6 Å². The molecule has 2 aromatic heterocycles. The van der Waals surface area contributed by atoms with Gasteiger partial charge in [0.2, 0.25) is 0 Å². The van der Waals surface area contributed by atoms with Gasteiger partial charge in [0.1, 0.15) is 16.9 Å². The molecular weight excluding hydrogens is 534 g/mol. The average molecular weight is 576 g/mol. The molecule has 40 heavy (non-hydrogen) atoms. The maximum Gasteiger partial charge on any atom is 0.407 e. The van der Waals surface area contributed by atoms with Gasteiger partial charge in [0.05, 0.1) is 18.2 Å². The second-order valence-corrected chi connectivity index (χ2v) is 11.3. The largest absolute Gasteiger partial charge is 0.444 e. The molecule has 11 heteroatoms. The molecule has 0 spiro atoms. The lowest BCUT2D eigenvalue weighted by Gasteiger charge is -2.36. The molecule has 1 aromatic carbocycles. The van der Waals surface area contributed by atoms with Crippen LogP contribution in [0.25, 0.3) is 11.0 Å². The number of aliphatic hydroxyl groups is 1. The summed E-state index contributed by atoms with van der Waals surface area (Å²) >= 11 is 6.52. The highest BCUT2D eigenvalue weighted by Crippen LogP contribution is 2.37. The van der Waals surface area contributed by atoms with Crippen LogP contribution >= 0.6 is 11.6 Å². The quantitative estimate of drug-likeness (QED) is 0.469. The van der Waals surface area contributed by atoms with E-state index >= 15 is 0 Å². The van der Waals surface area contributed by atoms with E-state index in [0.717, 1.165) is 23.0 Å². The van der Waals surface area contributed by atoms with Gasteiger partial charge in [-0.15, -0.1) is 0 Å². The summed E-state index contributed by atoms with van der Waals surface area (Å²) in [7, 11) is 3.04. The number of anilines is 1. The number of ether oxygens (including phenoxy) is 1. The van der Waals surface area contributed by atoms with Crippen LogP contribution in [0.3, 0.4) is 0 Å². The fourth-order valence-electron chi connectivity index (χ4n) is 5.17. The number of hydrogen-bond acceptors (Lipinski definition) is 6. The van der Waals surface area contributed by atoms with E-state index in [1.54, 1.807) is 20.0 Å². The number of fused-ring (bicyclic) bond motifs is 1. The van der Waals surface area contributed by atoms with Crippen molar-refractivity contribution in [2.24, 2.45) is 14.1 Å². The summed E-state index contributed by atoms with van der Waals surface area (Å²) in [5, 5.41) is 14.5. The number of aryl methyl sites for hydroxylation is 1. The minimum Gasteiger partial charge on any atom is -0.444 e. The summed E-state index contributed by atoms with van der Waals surface area (Å²) in [6, 6.07) is 7.17. The standard InChI is InChI=1S/C27H36ClN5O5.C2H6/c1-16(34)20-21-22(24(35)31(6)26(37)30(21)5)33(14-17-10-7-8-12-19(17)28)23(20)32-13-9-11-18(15-32)29-25(36)38-27(2,3)4;1-2/h7-8,10,12,16,18,34H,9,11,13-15H2,1-6H3,(H,29,36);1-2H3/t16?,18-;/m1./s1. The van der Waals surface area contributed by atoms with Crippen LogP contribution in [0.2, 0.25) is 5.02 Å². The van der Waals surface area contributed by atoms with E-state index in [-0.39, 0.29) is 12.6 Å². The fourth-order valence-corrected chi connectivity index (χ4v) is 5.37.